The smallest absolute Gasteiger partial charge is 0.296 e. The molecule has 0 bridgehead atoms. The van der Waals surface area contributed by atoms with Crippen molar-refractivity contribution in [2.75, 3.05) is 37.7 Å². The van der Waals surface area contributed by atoms with Gasteiger partial charge in [0.15, 0.2) is 5.54 Å². The molecule has 0 aliphatic carbocycles. The average Bonchev–Trinajstić information content (AvgIpc) is 3.66. The minimum absolute atomic E-state index is 0.0198. The number of likely N-dealkylation sites (N-methyl/N-ethyl adjacent to an activating group) is 1. The molecular formula is C30H33N3O7S. The van der Waals surface area contributed by atoms with Crippen molar-refractivity contribution >= 4 is 39.1 Å². The number of hydrogen-bond donors (Lipinski definition) is 1. The van der Waals surface area contributed by atoms with Crippen LogP contribution >= 0.6 is 0 Å². The van der Waals surface area contributed by atoms with Crippen LogP contribution in [-0.4, -0.2) is 79.2 Å². The molecule has 3 saturated heterocycles. The molecule has 2 atom stereocenters. The second kappa shape index (κ2) is 10.4. The first-order chi connectivity index (χ1) is 19.7. The Labute approximate surface area is 239 Å². The number of para-hydroxylation sites is 1. The van der Waals surface area contributed by atoms with Gasteiger partial charge in [0.1, 0.15) is 5.76 Å². The highest BCUT2D eigenvalue weighted by Gasteiger charge is 2.67. The molecule has 11 heteroatoms. The van der Waals surface area contributed by atoms with Crippen molar-refractivity contribution in [3.63, 3.8) is 0 Å². The molecule has 2 aromatic rings. The molecule has 216 valence electrons. The van der Waals surface area contributed by atoms with Gasteiger partial charge in [-0.05, 0) is 62.9 Å². The van der Waals surface area contributed by atoms with Gasteiger partial charge in [-0.2, -0.15) is 4.31 Å². The SMILES string of the molecule is CCN1C(=O)C2(/C(=C(/O)c3ccc(S(=O)(=O)N4CCCCC4)cc3)C(=O)C(=O)N2CC2CCCO2)c2ccccc21. The number of carbonyl (C=O) groups excluding carboxylic acids is 3. The fourth-order valence-corrected chi connectivity index (χ4v) is 8.12. The molecule has 4 aliphatic heterocycles. The van der Waals surface area contributed by atoms with Crippen LogP contribution in [0.5, 0.6) is 0 Å². The van der Waals surface area contributed by atoms with Crippen molar-refractivity contribution in [1.29, 1.82) is 0 Å². The van der Waals surface area contributed by atoms with Crippen LogP contribution in [0, 0.1) is 0 Å². The maximum Gasteiger partial charge on any atom is 0.296 e. The first kappa shape index (κ1) is 27.6. The summed E-state index contributed by atoms with van der Waals surface area (Å²) in [5.41, 5.74) is -1.05. The molecule has 3 fully saturated rings. The fraction of sp³-hybridized carbons (Fsp3) is 0.433. The topological polar surface area (TPSA) is 125 Å². The number of piperidine rings is 1. The number of aliphatic hydroxyl groups is 1. The number of anilines is 1. The number of hydrogen-bond acceptors (Lipinski definition) is 7. The number of nitrogens with zero attached hydrogens (tertiary/aromatic N) is 3. The number of ether oxygens (including phenoxy) is 1. The van der Waals surface area contributed by atoms with E-state index < -0.39 is 38.9 Å². The molecule has 2 aromatic carbocycles. The second-order valence-corrected chi connectivity index (χ2v) is 12.8. The molecule has 0 radical (unpaired) electrons. The zero-order chi connectivity index (χ0) is 28.9. The van der Waals surface area contributed by atoms with Crippen LogP contribution in [0.4, 0.5) is 5.69 Å². The van der Waals surface area contributed by atoms with Gasteiger partial charge in [0.2, 0.25) is 10.0 Å². The molecule has 6 rings (SSSR count). The lowest BCUT2D eigenvalue weighted by atomic mass is 9.81. The summed E-state index contributed by atoms with van der Waals surface area (Å²) >= 11 is 0. The lowest BCUT2D eigenvalue weighted by Crippen LogP contribution is -2.53. The Morgan fingerprint density at radius 3 is 2.37 bits per heavy atom. The fourth-order valence-electron chi connectivity index (χ4n) is 6.61. The summed E-state index contributed by atoms with van der Waals surface area (Å²) in [5, 5.41) is 11.7. The maximum atomic E-state index is 14.3. The predicted octanol–water partition coefficient (Wildman–Crippen LogP) is 2.98. The van der Waals surface area contributed by atoms with Crippen LogP contribution < -0.4 is 4.90 Å². The number of benzene rings is 2. The molecule has 41 heavy (non-hydrogen) atoms. The third-order valence-electron chi connectivity index (χ3n) is 8.62. The number of Topliss-reactive ketones (excluding diaryl/α,β-unsaturated/α-hetero) is 1. The molecule has 0 saturated carbocycles. The largest absolute Gasteiger partial charge is 0.507 e. The summed E-state index contributed by atoms with van der Waals surface area (Å²) in [6.07, 6.45) is 3.73. The van der Waals surface area contributed by atoms with Gasteiger partial charge in [-0.25, -0.2) is 8.42 Å². The number of aliphatic hydroxyl groups excluding tert-OH is 1. The van der Waals surface area contributed by atoms with Crippen LogP contribution in [0.15, 0.2) is 59.0 Å². The van der Waals surface area contributed by atoms with Gasteiger partial charge < -0.3 is 19.6 Å². The molecule has 1 N–H and O–H groups in total. The minimum atomic E-state index is -3.72. The monoisotopic (exact) mass is 579 g/mol. The predicted molar refractivity (Wildman–Crippen MR) is 150 cm³/mol. The highest BCUT2D eigenvalue weighted by atomic mass is 32.2. The van der Waals surface area contributed by atoms with E-state index in [2.05, 4.69) is 0 Å². The number of likely N-dealkylation sites (tertiary alicyclic amines) is 1. The van der Waals surface area contributed by atoms with Crippen LogP contribution in [0.2, 0.25) is 0 Å². The number of fused-ring (bicyclic) bond motifs is 2. The third kappa shape index (κ3) is 4.12. The number of amides is 2. The standard InChI is InChI=1S/C30H33N3O7S/c1-2-32-24-11-5-4-10-23(24)30(29(32)37)25(27(35)28(36)33(30)19-21-9-8-18-40-21)26(34)20-12-14-22(15-13-20)41(38,39)31-16-6-3-7-17-31/h4-5,10-15,21,34H,2-3,6-9,16-19H2,1H3/b26-25+. The normalized spacial score (nSPS) is 26.4. The van der Waals surface area contributed by atoms with Gasteiger partial charge in [0.05, 0.1) is 22.3 Å². The van der Waals surface area contributed by atoms with E-state index in [9.17, 15) is 27.9 Å². The van der Waals surface area contributed by atoms with Crippen molar-refractivity contribution in [2.45, 2.75) is 55.6 Å². The summed E-state index contributed by atoms with van der Waals surface area (Å²) in [6.45, 7) is 3.56. The molecule has 10 nitrogen and oxygen atoms in total. The Kier molecular flexibility index (Phi) is 6.99. The summed E-state index contributed by atoms with van der Waals surface area (Å²) in [6, 6.07) is 12.6. The van der Waals surface area contributed by atoms with Crippen LogP contribution in [0.1, 0.15) is 50.2 Å². The van der Waals surface area contributed by atoms with Crippen molar-refractivity contribution in [3.05, 3.63) is 65.2 Å². The second-order valence-electron chi connectivity index (χ2n) is 10.9. The average molecular weight is 580 g/mol. The van der Waals surface area contributed by atoms with E-state index in [4.69, 9.17) is 4.74 Å². The molecular weight excluding hydrogens is 546 g/mol. The van der Waals surface area contributed by atoms with E-state index in [1.165, 1.54) is 38.4 Å². The summed E-state index contributed by atoms with van der Waals surface area (Å²) in [7, 11) is -3.72. The highest BCUT2D eigenvalue weighted by molar-refractivity contribution is 7.89. The lowest BCUT2D eigenvalue weighted by molar-refractivity contribution is -0.145. The van der Waals surface area contributed by atoms with Gasteiger partial charge in [0.25, 0.3) is 17.6 Å². The molecule has 4 aliphatic rings. The van der Waals surface area contributed by atoms with Gasteiger partial charge in [-0.15, -0.1) is 0 Å². The Bertz CT molecular complexity index is 1540. The van der Waals surface area contributed by atoms with E-state index in [0.717, 1.165) is 25.7 Å². The van der Waals surface area contributed by atoms with E-state index in [1.807, 2.05) is 6.92 Å². The number of sulfonamides is 1. The molecule has 2 unspecified atom stereocenters. The van der Waals surface area contributed by atoms with Crippen LogP contribution in [-0.2, 0) is 34.7 Å². The Morgan fingerprint density at radius 1 is 1.00 bits per heavy atom. The molecule has 1 spiro atoms. The van der Waals surface area contributed by atoms with Gasteiger partial charge in [0, 0.05) is 43.9 Å². The maximum absolute atomic E-state index is 14.3. The minimum Gasteiger partial charge on any atom is -0.507 e. The Balaban J connectivity index is 1.49. The Hall–Kier alpha value is -3.54. The van der Waals surface area contributed by atoms with Gasteiger partial charge in [-0.3, -0.25) is 14.4 Å². The highest BCUT2D eigenvalue weighted by Crippen LogP contribution is 2.53. The van der Waals surface area contributed by atoms with Gasteiger partial charge >= 0.3 is 0 Å². The quantitative estimate of drug-likeness (QED) is 0.317. The van der Waals surface area contributed by atoms with E-state index >= 15 is 0 Å². The van der Waals surface area contributed by atoms with E-state index in [0.29, 0.717) is 43.9 Å². The van der Waals surface area contributed by atoms with Crippen LogP contribution in [0.25, 0.3) is 5.76 Å². The van der Waals surface area contributed by atoms with Crippen molar-refractivity contribution in [2.24, 2.45) is 0 Å². The summed E-state index contributed by atoms with van der Waals surface area (Å²) in [4.78, 5) is 44.5. The summed E-state index contributed by atoms with van der Waals surface area (Å²) < 4.78 is 33.6. The Morgan fingerprint density at radius 2 is 1.71 bits per heavy atom. The first-order valence-corrected chi connectivity index (χ1v) is 15.6. The lowest BCUT2D eigenvalue weighted by Gasteiger charge is -2.35. The number of carbonyl (C=O) groups is 3. The van der Waals surface area contributed by atoms with E-state index in [-0.39, 0.29) is 28.7 Å². The molecule has 4 heterocycles. The zero-order valence-electron chi connectivity index (χ0n) is 22.9. The summed E-state index contributed by atoms with van der Waals surface area (Å²) in [5.74, 6) is -2.87. The van der Waals surface area contributed by atoms with E-state index in [1.54, 1.807) is 24.3 Å². The van der Waals surface area contributed by atoms with Crippen LogP contribution in [0.3, 0.4) is 0 Å². The number of rotatable bonds is 6. The van der Waals surface area contributed by atoms with Crippen molar-refractivity contribution in [1.82, 2.24) is 9.21 Å². The zero-order valence-corrected chi connectivity index (χ0v) is 23.7. The van der Waals surface area contributed by atoms with Crippen molar-refractivity contribution in [3.8, 4) is 0 Å². The third-order valence-corrected chi connectivity index (χ3v) is 10.5. The first-order valence-electron chi connectivity index (χ1n) is 14.2. The molecule has 2 amide bonds. The number of ketones is 1. The van der Waals surface area contributed by atoms with Crippen molar-refractivity contribution < 1.29 is 32.6 Å². The van der Waals surface area contributed by atoms with Gasteiger partial charge in [-0.1, -0.05) is 24.6 Å². The molecule has 0 aromatic heterocycles.